The molecule has 20 heavy (non-hydrogen) atoms. The van der Waals surface area contributed by atoms with Crippen LogP contribution in [-0.4, -0.2) is 22.9 Å². The highest BCUT2D eigenvalue weighted by molar-refractivity contribution is 6.32. The van der Waals surface area contributed by atoms with Gasteiger partial charge in [0.15, 0.2) is 5.15 Å². The lowest BCUT2D eigenvalue weighted by molar-refractivity contribution is -0.0924. The molecule has 1 aromatic rings. The first-order valence-corrected chi connectivity index (χ1v) is 6.37. The SMILES string of the molecule is CC1=C(Cl)C=C(C(F)(F)F)CN1c1cc(Cl)nnc1C. The van der Waals surface area contributed by atoms with Crippen LogP contribution >= 0.6 is 23.2 Å². The summed E-state index contributed by atoms with van der Waals surface area (Å²) < 4.78 is 38.6. The first-order valence-electron chi connectivity index (χ1n) is 5.61. The summed E-state index contributed by atoms with van der Waals surface area (Å²) in [7, 11) is 0. The maximum absolute atomic E-state index is 12.9. The molecule has 3 nitrogen and oxygen atoms in total. The standard InChI is InChI=1S/C12H10Cl2F3N3/c1-6-10(4-11(14)19-18-6)20-5-8(12(15,16)17)3-9(13)7(20)2/h3-4H,5H2,1-2H3. The molecule has 1 aromatic heterocycles. The summed E-state index contributed by atoms with van der Waals surface area (Å²) in [5.41, 5.74) is 0.712. The van der Waals surface area contributed by atoms with E-state index in [0.717, 1.165) is 6.08 Å². The molecule has 8 heteroatoms. The Labute approximate surface area is 123 Å². The molecule has 0 unspecified atom stereocenters. The van der Waals surface area contributed by atoms with Gasteiger partial charge in [0, 0.05) is 11.8 Å². The molecule has 1 aliphatic rings. The molecule has 0 N–H and O–H groups in total. The fourth-order valence-electron chi connectivity index (χ4n) is 1.85. The van der Waals surface area contributed by atoms with Gasteiger partial charge in [-0.1, -0.05) is 23.2 Å². The lowest BCUT2D eigenvalue weighted by Crippen LogP contribution is -2.33. The van der Waals surface area contributed by atoms with Crippen LogP contribution in [0, 0.1) is 6.92 Å². The topological polar surface area (TPSA) is 29.0 Å². The van der Waals surface area contributed by atoms with E-state index >= 15 is 0 Å². The van der Waals surface area contributed by atoms with Crippen molar-refractivity contribution in [2.45, 2.75) is 20.0 Å². The molecule has 0 amide bonds. The third kappa shape index (κ3) is 2.91. The highest BCUT2D eigenvalue weighted by Gasteiger charge is 2.37. The van der Waals surface area contributed by atoms with Crippen LogP contribution in [0.3, 0.4) is 0 Å². The third-order valence-electron chi connectivity index (χ3n) is 2.96. The predicted molar refractivity (Wildman–Crippen MR) is 71.8 cm³/mol. The van der Waals surface area contributed by atoms with Gasteiger partial charge in [-0.2, -0.15) is 18.3 Å². The monoisotopic (exact) mass is 323 g/mol. The molecule has 0 radical (unpaired) electrons. The predicted octanol–water partition coefficient (Wildman–Crippen LogP) is 4.22. The Morgan fingerprint density at radius 3 is 2.45 bits per heavy atom. The first-order chi connectivity index (χ1) is 9.20. The molecular formula is C12H10Cl2F3N3. The van der Waals surface area contributed by atoms with E-state index in [9.17, 15) is 13.2 Å². The maximum atomic E-state index is 12.9. The number of rotatable bonds is 1. The van der Waals surface area contributed by atoms with Crippen LogP contribution in [0.25, 0.3) is 0 Å². The average molecular weight is 324 g/mol. The molecule has 0 aromatic carbocycles. The van der Waals surface area contributed by atoms with Crippen molar-refractivity contribution in [2.75, 3.05) is 11.4 Å². The van der Waals surface area contributed by atoms with Crippen LogP contribution in [0.15, 0.2) is 28.4 Å². The number of anilines is 1. The molecule has 108 valence electrons. The van der Waals surface area contributed by atoms with E-state index in [2.05, 4.69) is 10.2 Å². The summed E-state index contributed by atoms with van der Waals surface area (Å²) in [4.78, 5) is 1.43. The number of halogens is 5. The van der Waals surface area contributed by atoms with Crippen LogP contribution < -0.4 is 4.90 Å². The summed E-state index contributed by atoms with van der Waals surface area (Å²) in [6, 6.07) is 1.47. The molecule has 2 heterocycles. The minimum absolute atomic E-state index is 0.0379. The summed E-state index contributed by atoms with van der Waals surface area (Å²) in [6.07, 6.45) is -3.49. The molecule has 2 rings (SSSR count). The van der Waals surface area contributed by atoms with Gasteiger partial charge >= 0.3 is 6.18 Å². The van der Waals surface area contributed by atoms with Crippen LogP contribution in [0.5, 0.6) is 0 Å². The number of alkyl halides is 3. The Morgan fingerprint density at radius 2 is 1.85 bits per heavy atom. The molecule has 0 spiro atoms. The van der Waals surface area contributed by atoms with Crippen LogP contribution in [0.4, 0.5) is 18.9 Å². The minimum atomic E-state index is -4.43. The van der Waals surface area contributed by atoms with E-state index in [0.29, 0.717) is 17.1 Å². The highest BCUT2D eigenvalue weighted by Crippen LogP contribution is 2.36. The quantitative estimate of drug-likeness (QED) is 0.775. The van der Waals surface area contributed by atoms with Crippen LogP contribution in [0.1, 0.15) is 12.6 Å². The lowest BCUT2D eigenvalue weighted by Gasteiger charge is -2.31. The molecule has 1 aliphatic heterocycles. The Kier molecular flexibility index (Phi) is 3.97. The van der Waals surface area contributed by atoms with E-state index in [1.54, 1.807) is 13.8 Å². The van der Waals surface area contributed by atoms with Crippen molar-refractivity contribution in [2.24, 2.45) is 0 Å². The van der Waals surface area contributed by atoms with Crippen molar-refractivity contribution in [3.05, 3.63) is 39.3 Å². The summed E-state index contributed by atoms with van der Waals surface area (Å²) in [5.74, 6) is 0. The molecule has 0 saturated carbocycles. The largest absolute Gasteiger partial charge is 0.414 e. The van der Waals surface area contributed by atoms with Gasteiger partial charge in [0.25, 0.3) is 0 Å². The van der Waals surface area contributed by atoms with Crippen LogP contribution in [0.2, 0.25) is 5.15 Å². The molecule has 0 aliphatic carbocycles. The fraction of sp³-hybridized carbons (Fsp3) is 0.333. The zero-order valence-corrected chi connectivity index (χ0v) is 12.1. The minimum Gasteiger partial charge on any atom is -0.338 e. The van der Waals surface area contributed by atoms with Gasteiger partial charge in [0.2, 0.25) is 0 Å². The molecule has 0 bridgehead atoms. The van der Waals surface area contributed by atoms with Gasteiger partial charge in [-0.25, -0.2) is 0 Å². The smallest absolute Gasteiger partial charge is 0.338 e. The van der Waals surface area contributed by atoms with E-state index in [4.69, 9.17) is 23.2 Å². The highest BCUT2D eigenvalue weighted by atomic mass is 35.5. The molecule has 0 fully saturated rings. The number of aryl methyl sites for hydroxylation is 1. The van der Waals surface area contributed by atoms with Gasteiger partial charge in [0.1, 0.15) is 0 Å². The van der Waals surface area contributed by atoms with Crippen molar-refractivity contribution in [1.82, 2.24) is 10.2 Å². The molecular weight excluding hydrogens is 314 g/mol. The van der Waals surface area contributed by atoms with Crippen molar-refractivity contribution in [1.29, 1.82) is 0 Å². The number of hydrogen-bond acceptors (Lipinski definition) is 3. The summed E-state index contributed by atoms with van der Waals surface area (Å²) >= 11 is 11.7. The Bertz CT molecular complexity index is 608. The average Bonchev–Trinajstić information content (AvgIpc) is 2.34. The second-order valence-corrected chi connectivity index (χ2v) is 5.12. The van der Waals surface area contributed by atoms with Gasteiger partial charge < -0.3 is 4.90 Å². The van der Waals surface area contributed by atoms with E-state index in [1.807, 2.05) is 0 Å². The van der Waals surface area contributed by atoms with Gasteiger partial charge in [-0.3, -0.25) is 0 Å². The van der Waals surface area contributed by atoms with E-state index in [-0.39, 0.29) is 16.7 Å². The third-order valence-corrected chi connectivity index (χ3v) is 3.52. The van der Waals surface area contributed by atoms with E-state index in [1.165, 1.54) is 11.0 Å². The Hall–Kier alpha value is -1.27. The van der Waals surface area contributed by atoms with Crippen molar-refractivity contribution < 1.29 is 13.2 Å². The van der Waals surface area contributed by atoms with Crippen molar-refractivity contribution in [3.63, 3.8) is 0 Å². The number of hydrogen-bond donors (Lipinski definition) is 0. The number of allylic oxidation sites excluding steroid dienone is 3. The van der Waals surface area contributed by atoms with Crippen molar-refractivity contribution in [3.8, 4) is 0 Å². The second-order valence-electron chi connectivity index (χ2n) is 4.32. The Balaban J connectivity index is 2.49. The maximum Gasteiger partial charge on any atom is 0.414 e. The zero-order valence-electron chi connectivity index (χ0n) is 10.6. The molecule has 0 atom stereocenters. The number of nitrogens with zero attached hydrogens (tertiary/aromatic N) is 3. The van der Waals surface area contributed by atoms with Gasteiger partial charge in [0.05, 0.1) is 28.5 Å². The summed E-state index contributed by atoms with van der Waals surface area (Å²) in [5, 5.41) is 7.61. The van der Waals surface area contributed by atoms with Crippen molar-refractivity contribution >= 4 is 28.9 Å². The summed E-state index contributed by atoms with van der Waals surface area (Å²) in [6.45, 7) is 2.94. The van der Waals surface area contributed by atoms with Crippen LogP contribution in [-0.2, 0) is 0 Å². The molecule has 0 saturated heterocycles. The normalized spacial score (nSPS) is 16.6. The van der Waals surface area contributed by atoms with E-state index < -0.39 is 11.7 Å². The van der Waals surface area contributed by atoms with Gasteiger partial charge in [-0.05, 0) is 19.9 Å². The van der Waals surface area contributed by atoms with Gasteiger partial charge in [-0.15, -0.1) is 5.10 Å². The first kappa shape index (κ1) is 15.1. The lowest BCUT2D eigenvalue weighted by atomic mass is 10.1. The second kappa shape index (κ2) is 5.26. The zero-order chi connectivity index (χ0) is 15.1. The Morgan fingerprint density at radius 1 is 1.20 bits per heavy atom. The number of aromatic nitrogens is 2. The fourth-order valence-corrected chi connectivity index (χ4v) is 2.23.